The van der Waals surface area contributed by atoms with Gasteiger partial charge in [0, 0.05) is 50.4 Å². The second-order valence-electron chi connectivity index (χ2n) is 7.29. The molecule has 0 bridgehead atoms. The van der Waals surface area contributed by atoms with Crippen molar-refractivity contribution in [1.29, 1.82) is 0 Å². The fourth-order valence-electron chi connectivity index (χ4n) is 3.97. The minimum absolute atomic E-state index is 1.07. The topological polar surface area (TPSA) is 24.3 Å². The predicted octanol–water partition coefficient (Wildman–Crippen LogP) is 3.43. The summed E-state index contributed by atoms with van der Waals surface area (Å²) in [6.07, 6.45) is 4.22. The zero-order valence-electron chi connectivity index (χ0n) is 15.6. The van der Waals surface area contributed by atoms with Gasteiger partial charge in [-0.1, -0.05) is 12.1 Å². The van der Waals surface area contributed by atoms with Crippen LogP contribution >= 0.6 is 0 Å². The van der Waals surface area contributed by atoms with Crippen molar-refractivity contribution in [2.45, 2.75) is 19.8 Å². The summed E-state index contributed by atoms with van der Waals surface area (Å²) in [5, 5.41) is 1.37. The van der Waals surface area contributed by atoms with Crippen molar-refractivity contribution in [3.63, 3.8) is 0 Å². The lowest BCUT2D eigenvalue weighted by Gasteiger charge is -2.21. The first kappa shape index (κ1) is 16.2. The third-order valence-corrected chi connectivity index (χ3v) is 5.28. The Morgan fingerprint density at radius 2 is 1.84 bits per heavy atom. The third kappa shape index (κ3) is 2.71. The van der Waals surface area contributed by atoms with E-state index in [2.05, 4.69) is 83.9 Å². The molecule has 4 rings (SSSR count). The maximum absolute atomic E-state index is 4.60. The van der Waals surface area contributed by atoms with Crippen LogP contribution in [0.15, 0.2) is 36.5 Å². The number of hydrogen-bond donors (Lipinski definition) is 0. The Morgan fingerprint density at radius 1 is 1.08 bits per heavy atom. The van der Waals surface area contributed by atoms with Gasteiger partial charge in [-0.05, 0) is 44.2 Å². The van der Waals surface area contributed by atoms with Gasteiger partial charge >= 0.3 is 0 Å². The van der Waals surface area contributed by atoms with Crippen LogP contribution in [0, 0.1) is 6.92 Å². The molecule has 0 saturated heterocycles. The van der Waals surface area contributed by atoms with Crippen LogP contribution in [-0.2, 0) is 12.8 Å². The molecule has 4 heteroatoms. The molecule has 130 valence electrons. The van der Waals surface area contributed by atoms with Gasteiger partial charge in [0.05, 0.1) is 23.1 Å². The number of para-hydroxylation sites is 2. The molecule has 0 aliphatic carbocycles. The first-order valence-electron chi connectivity index (χ1n) is 9.00. The van der Waals surface area contributed by atoms with E-state index >= 15 is 0 Å². The summed E-state index contributed by atoms with van der Waals surface area (Å²) in [6.45, 7) is 4.29. The maximum Gasteiger partial charge on any atom is 0.0719 e. The van der Waals surface area contributed by atoms with Gasteiger partial charge in [0.1, 0.15) is 0 Å². The highest BCUT2D eigenvalue weighted by Crippen LogP contribution is 2.35. The molecule has 3 aromatic rings. The smallest absolute Gasteiger partial charge is 0.0719 e. The molecule has 4 nitrogen and oxygen atoms in total. The van der Waals surface area contributed by atoms with Crippen LogP contribution in [0.5, 0.6) is 0 Å². The second-order valence-corrected chi connectivity index (χ2v) is 7.29. The Bertz CT molecular complexity index is 923. The number of rotatable bonds is 2. The summed E-state index contributed by atoms with van der Waals surface area (Å²) in [6, 6.07) is 10.9. The molecule has 25 heavy (non-hydrogen) atoms. The molecule has 1 aromatic carbocycles. The Kier molecular flexibility index (Phi) is 4.00. The van der Waals surface area contributed by atoms with Crippen molar-refractivity contribution in [3.8, 4) is 5.69 Å². The summed E-state index contributed by atoms with van der Waals surface area (Å²) in [4.78, 5) is 9.23. The van der Waals surface area contributed by atoms with E-state index in [-0.39, 0.29) is 0 Å². The summed E-state index contributed by atoms with van der Waals surface area (Å²) >= 11 is 0. The Morgan fingerprint density at radius 3 is 2.64 bits per heavy atom. The average Bonchev–Trinajstić information content (AvgIpc) is 2.77. The number of pyridine rings is 1. The second kappa shape index (κ2) is 6.19. The molecule has 0 spiro atoms. The van der Waals surface area contributed by atoms with Crippen LogP contribution in [0.1, 0.15) is 17.0 Å². The molecule has 0 fully saturated rings. The summed E-state index contributed by atoms with van der Waals surface area (Å²) < 4.78 is 2.45. The zero-order chi connectivity index (χ0) is 17.6. The molecular weight excluding hydrogens is 308 g/mol. The number of anilines is 1. The number of likely N-dealkylation sites (N-methyl/N-ethyl adjacent to an activating group) is 1. The van der Waals surface area contributed by atoms with Gasteiger partial charge in [0.25, 0.3) is 0 Å². The van der Waals surface area contributed by atoms with Gasteiger partial charge in [-0.2, -0.15) is 0 Å². The minimum Gasteiger partial charge on any atom is -0.376 e. The lowest BCUT2D eigenvalue weighted by Crippen LogP contribution is -2.21. The van der Waals surface area contributed by atoms with Crippen molar-refractivity contribution < 1.29 is 0 Å². The van der Waals surface area contributed by atoms with Crippen LogP contribution in [0.4, 0.5) is 5.69 Å². The van der Waals surface area contributed by atoms with E-state index in [0.29, 0.717) is 0 Å². The highest BCUT2D eigenvalue weighted by molar-refractivity contribution is 5.88. The number of aromatic nitrogens is 2. The van der Waals surface area contributed by atoms with Gasteiger partial charge in [-0.3, -0.25) is 4.98 Å². The predicted molar refractivity (Wildman–Crippen MR) is 105 cm³/mol. The Balaban J connectivity index is 2.05. The normalized spacial score (nSPS) is 15.2. The maximum atomic E-state index is 4.60. The molecule has 1 aliphatic heterocycles. The van der Waals surface area contributed by atoms with Gasteiger partial charge in [0.15, 0.2) is 0 Å². The largest absolute Gasteiger partial charge is 0.376 e. The van der Waals surface area contributed by atoms with Crippen LogP contribution in [0.25, 0.3) is 16.6 Å². The number of fused-ring (bicyclic) bond motifs is 3. The van der Waals surface area contributed by atoms with Gasteiger partial charge in [-0.15, -0.1) is 0 Å². The molecule has 0 radical (unpaired) electrons. The van der Waals surface area contributed by atoms with Crippen molar-refractivity contribution in [2.75, 3.05) is 39.1 Å². The van der Waals surface area contributed by atoms with Gasteiger partial charge in [0.2, 0.25) is 0 Å². The summed E-state index contributed by atoms with van der Waals surface area (Å²) in [5.41, 5.74) is 7.74. The van der Waals surface area contributed by atoms with Crippen molar-refractivity contribution in [3.05, 3.63) is 53.5 Å². The Hall–Kier alpha value is -2.33. The number of nitrogens with zero attached hydrogens (tertiary/aromatic N) is 4. The van der Waals surface area contributed by atoms with Crippen LogP contribution in [0.2, 0.25) is 0 Å². The molecule has 0 amide bonds. The van der Waals surface area contributed by atoms with Gasteiger partial charge < -0.3 is 14.4 Å². The third-order valence-electron chi connectivity index (χ3n) is 5.28. The number of hydrogen-bond acceptors (Lipinski definition) is 3. The molecule has 0 saturated carbocycles. The van der Waals surface area contributed by atoms with Crippen molar-refractivity contribution >= 4 is 16.6 Å². The highest BCUT2D eigenvalue weighted by atomic mass is 15.1. The van der Waals surface area contributed by atoms with E-state index < -0.39 is 0 Å². The van der Waals surface area contributed by atoms with E-state index in [1.54, 1.807) is 0 Å². The van der Waals surface area contributed by atoms with E-state index in [1.165, 1.54) is 33.5 Å². The van der Waals surface area contributed by atoms with E-state index in [0.717, 1.165) is 31.6 Å². The minimum atomic E-state index is 1.07. The Labute approximate surface area is 149 Å². The van der Waals surface area contributed by atoms with E-state index in [1.807, 2.05) is 0 Å². The molecule has 3 heterocycles. The number of benzene rings is 1. The van der Waals surface area contributed by atoms with Crippen molar-refractivity contribution in [2.24, 2.45) is 0 Å². The van der Waals surface area contributed by atoms with Crippen LogP contribution in [0.3, 0.4) is 0 Å². The molecule has 2 aromatic heterocycles. The standard InChI is InChI=1S/C21H26N4/c1-15-13-17-16-9-11-24(4)12-10-18(16)25(21(17)14-22-15)20-8-6-5-7-19(20)23(2)3/h5-8,13-14H,9-12H2,1-4H3. The lowest BCUT2D eigenvalue weighted by molar-refractivity contribution is 0.351. The first-order chi connectivity index (χ1) is 12.1. The summed E-state index contributed by atoms with van der Waals surface area (Å²) in [5.74, 6) is 0. The van der Waals surface area contributed by atoms with Crippen LogP contribution < -0.4 is 4.90 Å². The summed E-state index contributed by atoms with van der Waals surface area (Å²) in [7, 11) is 6.44. The monoisotopic (exact) mass is 334 g/mol. The average molecular weight is 334 g/mol. The van der Waals surface area contributed by atoms with Gasteiger partial charge in [-0.25, -0.2) is 0 Å². The highest BCUT2D eigenvalue weighted by Gasteiger charge is 2.23. The molecule has 0 atom stereocenters. The molecule has 1 aliphatic rings. The van der Waals surface area contributed by atoms with E-state index in [9.17, 15) is 0 Å². The zero-order valence-corrected chi connectivity index (χ0v) is 15.6. The quantitative estimate of drug-likeness (QED) is 0.718. The fraction of sp³-hybridized carbons (Fsp3) is 0.381. The molecular formula is C21H26N4. The van der Waals surface area contributed by atoms with Crippen molar-refractivity contribution in [1.82, 2.24) is 14.5 Å². The van der Waals surface area contributed by atoms with Crippen LogP contribution in [-0.4, -0.2) is 48.7 Å². The molecule has 0 N–H and O–H groups in total. The first-order valence-corrected chi connectivity index (χ1v) is 9.00. The lowest BCUT2D eigenvalue weighted by atomic mass is 10.1. The fourth-order valence-corrected chi connectivity index (χ4v) is 3.97. The number of aryl methyl sites for hydroxylation is 1. The SMILES string of the molecule is Cc1cc2c3c(n(-c4ccccc4N(C)C)c2cn1)CCN(C)CC3. The van der Waals surface area contributed by atoms with E-state index in [4.69, 9.17) is 0 Å². The molecule has 0 unspecified atom stereocenters.